The largest absolute Gasteiger partial charge is 0.369 e. The van der Waals surface area contributed by atoms with E-state index in [9.17, 15) is 28.8 Å². The van der Waals surface area contributed by atoms with Gasteiger partial charge in [0.2, 0.25) is 23.6 Å². The Labute approximate surface area is 331 Å². The number of nitrogens with two attached hydrogens (primary N) is 1. The van der Waals surface area contributed by atoms with Crippen molar-refractivity contribution in [3.8, 4) is 0 Å². The molecule has 3 aromatic heterocycles. The maximum Gasteiger partial charge on any atom is 0.243 e. The zero-order valence-corrected chi connectivity index (χ0v) is 32.5. The Hall–Kier alpha value is -6.31. The van der Waals surface area contributed by atoms with E-state index in [0.717, 1.165) is 27.7 Å². The maximum absolute atomic E-state index is 14.4. The lowest BCUT2D eigenvalue weighted by Gasteiger charge is -2.28. The summed E-state index contributed by atoms with van der Waals surface area (Å²) < 4.78 is 0. The van der Waals surface area contributed by atoms with Crippen LogP contribution in [0.5, 0.6) is 0 Å². The fourth-order valence-corrected chi connectivity index (χ4v) is 7.10. The first-order chi connectivity index (χ1) is 27.4. The van der Waals surface area contributed by atoms with Crippen LogP contribution in [0.3, 0.4) is 0 Å². The summed E-state index contributed by atoms with van der Waals surface area (Å²) >= 11 is 0. The molecular weight excluding hydrogens is 725 g/mol. The molecule has 0 aliphatic rings. The van der Waals surface area contributed by atoms with Gasteiger partial charge in [-0.1, -0.05) is 68.8 Å². The minimum absolute atomic E-state index is 0.0640. The summed E-state index contributed by atoms with van der Waals surface area (Å²) in [6.45, 7) is 5.09. The highest BCUT2D eigenvalue weighted by molar-refractivity contribution is 5.97. The molecule has 14 nitrogen and oxygen atoms in total. The maximum atomic E-state index is 14.4. The summed E-state index contributed by atoms with van der Waals surface area (Å²) in [6, 6.07) is 17.4. The van der Waals surface area contributed by atoms with Crippen molar-refractivity contribution < 1.29 is 28.8 Å². The normalized spacial score (nSPS) is 14.4. The number of imidazole rings is 1. The average molecular weight is 777 g/mol. The first-order valence-electron chi connectivity index (χ1n) is 19.3. The third kappa shape index (κ3) is 11.8. The van der Waals surface area contributed by atoms with E-state index in [4.69, 9.17) is 5.73 Å². The number of hydrogen-bond acceptors (Lipinski definition) is 7. The van der Waals surface area contributed by atoms with E-state index in [-0.39, 0.29) is 50.2 Å². The second-order valence-corrected chi connectivity index (χ2v) is 14.7. The number of benzene rings is 2. The molecule has 0 radical (unpaired) electrons. The van der Waals surface area contributed by atoms with Crippen LogP contribution in [0.15, 0.2) is 91.6 Å². The fourth-order valence-electron chi connectivity index (χ4n) is 7.10. The molecule has 6 atom stereocenters. The molecule has 0 fully saturated rings. The lowest BCUT2D eigenvalue weighted by atomic mass is 9.84. The Morgan fingerprint density at radius 2 is 1.42 bits per heavy atom. The number of ketones is 2. The molecule has 8 N–H and O–H groups in total. The topological polar surface area (TPSA) is 225 Å². The molecular formula is C43H52N8O6. The fraction of sp³-hybridized carbons (Fsp3) is 0.372. The number of H-pyrrole nitrogens is 3. The molecule has 4 amide bonds. The number of nitrogens with one attached hydrogen (secondary N) is 6. The van der Waals surface area contributed by atoms with Crippen LogP contribution in [-0.4, -0.2) is 73.3 Å². The molecule has 5 aromatic rings. The van der Waals surface area contributed by atoms with Crippen LogP contribution in [0, 0.1) is 17.8 Å². The lowest BCUT2D eigenvalue weighted by molar-refractivity contribution is -0.135. The number of carbonyl (C=O) groups is 6. The van der Waals surface area contributed by atoms with E-state index in [2.05, 4.69) is 35.9 Å². The van der Waals surface area contributed by atoms with Crippen molar-refractivity contribution in [3.05, 3.63) is 114 Å². The van der Waals surface area contributed by atoms with Crippen molar-refractivity contribution in [1.82, 2.24) is 35.9 Å². The number of aromatic amines is 3. The van der Waals surface area contributed by atoms with E-state index < -0.39 is 59.4 Å². The van der Waals surface area contributed by atoms with Gasteiger partial charge in [-0.05, 0) is 41.7 Å². The number of nitrogens with zero attached hydrogens (tertiary/aromatic N) is 1. The Balaban J connectivity index is 1.38. The molecule has 57 heavy (non-hydrogen) atoms. The quantitative estimate of drug-likeness (QED) is 0.0552. The van der Waals surface area contributed by atoms with E-state index in [1.54, 1.807) is 24.7 Å². The predicted molar refractivity (Wildman–Crippen MR) is 215 cm³/mol. The van der Waals surface area contributed by atoms with Gasteiger partial charge >= 0.3 is 0 Å². The van der Waals surface area contributed by atoms with Gasteiger partial charge in [0.15, 0.2) is 11.6 Å². The van der Waals surface area contributed by atoms with Crippen molar-refractivity contribution in [2.75, 3.05) is 0 Å². The van der Waals surface area contributed by atoms with Crippen LogP contribution in [-0.2, 0) is 54.5 Å². The van der Waals surface area contributed by atoms with E-state index in [0.29, 0.717) is 12.1 Å². The van der Waals surface area contributed by atoms with Crippen LogP contribution in [0.4, 0.5) is 0 Å². The summed E-state index contributed by atoms with van der Waals surface area (Å²) in [5.41, 5.74) is 9.59. The second-order valence-electron chi connectivity index (χ2n) is 14.7. The molecule has 0 aliphatic carbocycles. The summed E-state index contributed by atoms with van der Waals surface area (Å²) in [5.74, 6) is -4.84. The summed E-state index contributed by atoms with van der Waals surface area (Å²) in [5, 5.41) is 9.41. The van der Waals surface area contributed by atoms with Gasteiger partial charge < -0.3 is 36.6 Å². The molecule has 300 valence electrons. The van der Waals surface area contributed by atoms with E-state index in [1.807, 2.05) is 74.5 Å². The number of carbonyl (C=O) groups excluding carboxylic acids is 6. The number of primary amides is 1. The molecule has 14 heteroatoms. The molecule has 0 aliphatic heterocycles. The van der Waals surface area contributed by atoms with Crippen molar-refractivity contribution in [2.24, 2.45) is 23.5 Å². The number of amides is 4. The standard InChI is InChI=1S/C43H52N8O6/c1-4-26(2)34(22-40(54)37(21-32-24-45-25-48-32)51-43(57)38(49-27(3)52)17-28-11-6-5-7-12-28)42(56)50-36(19-30-23-47-35-15-9-8-14-33(30)35)39(53)20-29(41(44)55)18-31-13-10-16-46-31/h5-16,23-26,29,34,36-38,46-47H,4,17-22H2,1-3H3,(H2,44,55)(H,45,48)(H,49,52)(H,50,56)(H,51,57)/t26-,29+,34?,36-,37-,38-/m0/s1. The first-order valence-corrected chi connectivity index (χ1v) is 19.3. The molecule has 1 unspecified atom stereocenters. The van der Waals surface area contributed by atoms with Gasteiger partial charge in [-0.3, -0.25) is 28.8 Å². The number of Topliss-reactive ketones (excluding diaryl/α,β-unsaturated/α-hetero) is 2. The number of para-hydroxylation sites is 1. The Morgan fingerprint density at radius 1 is 0.719 bits per heavy atom. The monoisotopic (exact) mass is 776 g/mol. The predicted octanol–water partition coefficient (Wildman–Crippen LogP) is 3.65. The average Bonchev–Trinajstić information content (AvgIpc) is 3.99. The minimum Gasteiger partial charge on any atom is -0.369 e. The smallest absolute Gasteiger partial charge is 0.243 e. The highest BCUT2D eigenvalue weighted by Crippen LogP contribution is 2.24. The molecule has 3 heterocycles. The van der Waals surface area contributed by atoms with Crippen LogP contribution in [0.2, 0.25) is 0 Å². The van der Waals surface area contributed by atoms with Crippen molar-refractivity contribution in [3.63, 3.8) is 0 Å². The number of aromatic nitrogens is 4. The Kier molecular flexibility index (Phi) is 14.7. The Bertz CT molecular complexity index is 2110. The molecule has 5 rings (SSSR count). The van der Waals surface area contributed by atoms with Crippen LogP contribution in [0.1, 0.15) is 62.5 Å². The molecule has 0 bridgehead atoms. The first kappa shape index (κ1) is 41.8. The van der Waals surface area contributed by atoms with E-state index >= 15 is 0 Å². The van der Waals surface area contributed by atoms with Gasteiger partial charge in [0.25, 0.3) is 0 Å². The molecule has 2 aromatic carbocycles. The van der Waals surface area contributed by atoms with Gasteiger partial charge in [-0.2, -0.15) is 0 Å². The van der Waals surface area contributed by atoms with Gasteiger partial charge in [0.05, 0.1) is 24.3 Å². The van der Waals surface area contributed by atoms with E-state index in [1.165, 1.54) is 13.3 Å². The zero-order chi connectivity index (χ0) is 40.9. The van der Waals surface area contributed by atoms with Gasteiger partial charge in [-0.25, -0.2) is 4.98 Å². The summed E-state index contributed by atoms with van der Waals surface area (Å²) in [7, 11) is 0. The SMILES string of the molecule is CC[C@H](C)C(CC(=O)[C@H](Cc1cnc[nH]1)NC(=O)[C@H](Cc1ccccc1)NC(C)=O)C(=O)N[C@@H](Cc1c[nH]c2ccccc12)C(=O)C[C@@H](Cc1ccc[nH]1)C(N)=O. The van der Waals surface area contributed by atoms with Crippen molar-refractivity contribution in [1.29, 1.82) is 0 Å². The van der Waals surface area contributed by atoms with Gasteiger partial charge in [0.1, 0.15) is 6.04 Å². The van der Waals surface area contributed by atoms with Gasteiger partial charge in [-0.15, -0.1) is 0 Å². The van der Waals surface area contributed by atoms with Crippen molar-refractivity contribution in [2.45, 2.75) is 83.8 Å². The highest BCUT2D eigenvalue weighted by atomic mass is 16.2. The number of rotatable bonds is 22. The van der Waals surface area contributed by atoms with Crippen LogP contribution in [0.25, 0.3) is 10.9 Å². The van der Waals surface area contributed by atoms with Crippen LogP contribution < -0.4 is 21.7 Å². The van der Waals surface area contributed by atoms with Gasteiger partial charge in [0, 0.05) is 85.8 Å². The zero-order valence-electron chi connectivity index (χ0n) is 32.5. The third-order valence-electron chi connectivity index (χ3n) is 10.5. The molecule has 0 saturated carbocycles. The molecule has 0 spiro atoms. The Morgan fingerprint density at radius 3 is 2.09 bits per heavy atom. The van der Waals surface area contributed by atoms with Crippen molar-refractivity contribution >= 4 is 46.1 Å². The third-order valence-corrected chi connectivity index (χ3v) is 10.5. The minimum atomic E-state index is -1.07. The number of hydrogen-bond donors (Lipinski definition) is 7. The molecule has 0 saturated heterocycles. The lowest BCUT2D eigenvalue weighted by Crippen LogP contribution is -2.53. The number of fused-ring (bicyclic) bond motifs is 1. The summed E-state index contributed by atoms with van der Waals surface area (Å²) in [4.78, 5) is 94.6. The second kappa shape index (κ2) is 20.0. The van der Waals surface area contributed by atoms with Crippen LogP contribution >= 0.6 is 0 Å². The summed E-state index contributed by atoms with van der Waals surface area (Å²) in [6.07, 6.45) is 7.26. The highest BCUT2D eigenvalue weighted by Gasteiger charge is 2.35.